The Hall–Kier alpha value is -1.76. The molecule has 0 bridgehead atoms. The molecule has 112 valence electrons. The van der Waals surface area contributed by atoms with Gasteiger partial charge in [0.15, 0.2) is 0 Å². The van der Waals surface area contributed by atoms with Crippen molar-refractivity contribution in [2.75, 3.05) is 13.1 Å². The molecule has 0 radical (unpaired) electrons. The topological polar surface area (TPSA) is 74.8 Å². The fourth-order valence-electron chi connectivity index (χ4n) is 2.80. The molecule has 2 aromatic heterocycles. The number of nitrogens with zero attached hydrogens (tertiary/aromatic N) is 4. The highest BCUT2D eigenvalue weighted by Gasteiger charge is 2.29. The molecule has 1 saturated heterocycles. The number of aromatic nitrogens is 4. The fourth-order valence-corrected chi connectivity index (χ4v) is 3.52. The van der Waals surface area contributed by atoms with Crippen molar-refractivity contribution in [3.05, 3.63) is 28.0 Å². The van der Waals surface area contributed by atoms with Gasteiger partial charge in [-0.15, -0.1) is 5.10 Å². The zero-order valence-corrected chi connectivity index (χ0v) is 13.1. The first-order valence-electron chi connectivity index (χ1n) is 7.31. The quantitative estimate of drug-likeness (QED) is 0.943. The normalized spacial score (nSPS) is 19.0. The zero-order chi connectivity index (χ0) is 14.8. The third-order valence-electron chi connectivity index (χ3n) is 3.94. The Morgan fingerprint density at radius 1 is 1.57 bits per heavy atom. The van der Waals surface area contributed by atoms with Crippen LogP contribution in [0.5, 0.6) is 0 Å². The number of carbonyl (C=O) groups excluding carboxylic acids is 1. The Morgan fingerprint density at radius 3 is 3.14 bits per heavy atom. The minimum atomic E-state index is 0.0683. The minimum Gasteiger partial charge on any atom is -0.337 e. The van der Waals surface area contributed by atoms with Gasteiger partial charge in [0.05, 0.1) is 11.4 Å². The molecule has 0 spiro atoms. The summed E-state index contributed by atoms with van der Waals surface area (Å²) in [5.74, 6) is 0.386. The number of likely N-dealkylation sites (tertiary alicyclic amines) is 1. The standard InChI is InChI=1S/C14H19N5OS/c1-3-11-13(21-18-17-11)14(20)19-6-4-5-10(8-19)12-7-9(2)15-16-12/h7,10H,3-6,8H2,1-2H3,(H,15,16). The Kier molecular flexibility index (Phi) is 4.01. The number of aromatic amines is 1. The predicted octanol–water partition coefficient (Wildman–Crippen LogP) is 2.15. The van der Waals surface area contributed by atoms with E-state index in [2.05, 4.69) is 25.9 Å². The van der Waals surface area contributed by atoms with Crippen LogP contribution < -0.4 is 0 Å². The van der Waals surface area contributed by atoms with E-state index in [1.165, 1.54) is 11.5 Å². The molecule has 0 aromatic carbocycles. The Morgan fingerprint density at radius 2 is 2.43 bits per heavy atom. The highest BCUT2D eigenvalue weighted by atomic mass is 32.1. The van der Waals surface area contributed by atoms with Crippen LogP contribution in [0.2, 0.25) is 0 Å². The lowest BCUT2D eigenvalue weighted by Crippen LogP contribution is -2.39. The molecule has 1 aliphatic heterocycles. The largest absolute Gasteiger partial charge is 0.337 e. The number of aryl methyl sites for hydroxylation is 2. The van der Waals surface area contributed by atoms with Gasteiger partial charge in [-0.1, -0.05) is 11.4 Å². The maximum Gasteiger partial charge on any atom is 0.267 e. The first-order valence-corrected chi connectivity index (χ1v) is 8.08. The van der Waals surface area contributed by atoms with Crippen LogP contribution in [0.4, 0.5) is 0 Å². The molecule has 1 atom stereocenters. The zero-order valence-electron chi connectivity index (χ0n) is 12.3. The lowest BCUT2D eigenvalue weighted by atomic mass is 9.94. The summed E-state index contributed by atoms with van der Waals surface area (Å²) in [5, 5.41) is 11.4. The van der Waals surface area contributed by atoms with Crippen molar-refractivity contribution in [1.29, 1.82) is 0 Å². The Labute approximate surface area is 127 Å². The molecule has 2 aromatic rings. The van der Waals surface area contributed by atoms with Crippen molar-refractivity contribution < 1.29 is 4.79 Å². The van der Waals surface area contributed by atoms with E-state index < -0.39 is 0 Å². The van der Waals surface area contributed by atoms with Crippen LogP contribution in [-0.4, -0.2) is 43.7 Å². The number of amides is 1. The molecule has 1 N–H and O–H groups in total. The van der Waals surface area contributed by atoms with Gasteiger partial charge < -0.3 is 4.90 Å². The molecule has 1 fully saturated rings. The van der Waals surface area contributed by atoms with Crippen molar-refractivity contribution in [3.8, 4) is 0 Å². The molecule has 21 heavy (non-hydrogen) atoms. The van der Waals surface area contributed by atoms with E-state index in [1.54, 1.807) is 0 Å². The van der Waals surface area contributed by atoms with Crippen LogP contribution in [0.3, 0.4) is 0 Å². The van der Waals surface area contributed by atoms with Crippen LogP contribution in [0.1, 0.15) is 52.4 Å². The summed E-state index contributed by atoms with van der Waals surface area (Å²) in [6, 6.07) is 2.07. The van der Waals surface area contributed by atoms with Gasteiger partial charge in [0.1, 0.15) is 4.88 Å². The van der Waals surface area contributed by atoms with Gasteiger partial charge in [-0.25, -0.2) is 0 Å². The number of rotatable bonds is 3. The van der Waals surface area contributed by atoms with E-state index in [0.29, 0.717) is 10.8 Å². The first-order chi connectivity index (χ1) is 10.2. The van der Waals surface area contributed by atoms with Crippen LogP contribution in [0.15, 0.2) is 6.07 Å². The lowest BCUT2D eigenvalue weighted by molar-refractivity contribution is 0.0709. The highest BCUT2D eigenvalue weighted by molar-refractivity contribution is 7.08. The lowest BCUT2D eigenvalue weighted by Gasteiger charge is -2.31. The van der Waals surface area contributed by atoms with E-state index in [1.807, 2.05) is 18.7 Å². The van der Waals surface area contributed by atoms with Gasteiger partial charge in [0.2, 0.25) is 0 Å². The van der Waals surface area contributed by atoms with Crippen LogP contribution in [-0.2, 0) is 6.42 Å². The molecule has 6 nitrogen and oxygen atoms in total. The van der Waals surface area contributed by atoms with E-state index >= 15 is 0 Å². The number of carbonyl (C=O) groups is 1. The summed E-state index contributed by atoms with van der Waals surface area (Å²) in [7, 11) is 0. The summed E-state index contributed by atoms with van der Waals surface area (Å²) >= 11 is 1.20. The highest BCUT2D eigenvalue weighted by Crippen LogP contribution is 2.27. The Balaban J connectivity index is 1.75. The molecule has 7 heteroatoms. The number of piperidine rings is 1. The van der Waals surface area contributed by atoms with Gasteiger partial charge >= 0.3 is 0 Å². The average Bonchev–Trinajstić information content (AvgIpc) is 3.15. The molecule has 1 aliphatic rings. The van der Waals surface area contributed by atoms with Crippen LogP contribution in [0, 0.1) is 6.92 Å². The number of H-pyrrole nitrogens is 1. The molecule has 0 aliphatic carbocycles. The van der Waals surface area contributed by atoms with Crippen molar-refractivity contribution in [2.24, 2.45) is 0 Å². The molecule has 3 heterocycles. The summed E-state index contributed by atoms with van der Waals surface area (Å²) in [6.45, 7) is 5.53. The van der Waals surface area contributed by atoms with E-state index in [9.17, 15) is 4.79 Å². The summed E-state index contributed by atoms with van der Waals surface area (Å²) in [6.07, 6.45) is 2.83. The average molecular weight is 305 g/mol. The second-order valence-electron chi connectivity index (χ2n) is 5.47. The van der Waals surface area contributed by atoms with E-state index in [0.717, 1.165) is 49.4 Å². The third kappa shape index (κ3) is 2.83. The van der Waals surface area contributed by atoms with Crippen molar-refractivity contribution in [3.63, 3.8) is 0 Å². The molecular weight excluding hydrogens is 286 g/mol. The molecule has 3 rings (SSSR count). The van der Waals surface area contributed by atoms with Gasteiger partial charge in [-0.2, -0.15) is 5.10 Å². The van der Waals surface area contributed by atoms with Crippen LogP contribution in [0.25, 0.3) is 0 Å². The smallest absolute Gasteiger partial charge is 0.267 e. The fraction of sp³-hybridized carbons (Fsp3) is 0.571. The summed E-state index contributed by atoms with van der Waals surface area (Å²) in [5.41, 5.74) is 2.93. The summed E-state index contributed by atoms with van der Waals surface area (Å²) in [4.78, 5) is 15.3. The van der Waals surface area contributed by atoms with Crippen molar-refractivity contribution in [2.45, 2.75) is 39.0 Å². The van der Waals surface area contributed by atoms with Crippen LogP contribution >= 0.6 is 11.5 Å². The number of hydrogen-bond donors (Lipinski definition) is 1. The van der Waals surface area contributed by atoms with Gasteiger partial charge in [0, 0.05) is 24.7 Å². The SMILES string of the molecule is CCc1nnsc1C(=O)N1CCCC(c2cc(C)[nH]n2)C1. The molecule has 1 amide bonds. The van der Waals surface area contributed by atoms with Crippen molar-refractivity contribution in [1.82, 2.24) is 24.7 Å². The monoisotopic (exact) mass is 305 g/mol. The second-order valence-corrected chi connectivity index (χ2v) is 6.22. The summed E-state index contributed by atoms with van der Waals surface area (Å²) < 4.78 is 3.92. The molecule has 1 unspecified atom stereocenters. The number of nitrogens with one attached hydrogen (secondary N) is 1. The van der Waals surface area contributed by atoms with Gasteiger partial charge in [0.25, 0.3) is 5.91 Å². The van der Waals surface area contributed by atoms with E-state index in [4.69, 9.17) is 0 Å². The maximum atomic E-state index is 12.7. The third-order valence-corrected chi connectivity index (χ3v) is 4.69. The van der Waals surface area contributed by atoms with Gasteiger partial charge in [-0.3, -0.25) is 9.89 Å². The molecule has 0 saturated carbocycles. The second kappa shape index (κ2) is 5.93. The maximum absolute atomic E-state index is 12.7. The predicted molar refractivity (Wildman–Crippen MR) is 80.5 cm³/mol. The number of hydrogen-bond acceptors (Lipinski definition) is 5. The first kappa shape index (κ1) is 14.2. The Bertz CT molecular complexity index is 635. The van der Waals surface area contributed by atoms with E-state index in [-0.39, 0.29) is 5.91 Å². The van der Waals surface area contributed by atoms with Gasteiger partial charge in [-0.05, 0) is 43.8 Å². The molecular formula is C14H19N5OS. The van der Waals surface area contributed by atoms with Crippen molar-refractivity contribution >= 4 is 17.4 Å². The minimum absolute atomic E-state index is 0.0683.